The smallest absolute Gasteiger partial charge is 0.333 e. The van der Waals surface area contributed by atoms with Crippen molar-refractivity contribution >= 4 is 88.5 Å². The first kappa shape index (κ1) is 54.2. The minimum Gasteiger partial charge on any atom is -0.494 e. The van der Waals surface area contributed by atoms with Crippen molar-refractivity contribution in [3.63, 3.8) is 0 Å². The molecule has 0 radical (unpaired) electrons. The van der Waals surface area contributed by atoms with Crippen LogP contribution in [-0.2, 0) is 19.2 Å². The van der Waals surface area contributed by atoms with Crippen LogP contribution in [0.5, 0.6) is 5.75 Å². The first-order valence-electron chi connectivity index (χ1n) is 23.6. The summed E-state index contributed by atoms with van der Waals surface area (Å²) in [6.45, 7) is 31.4. The lowest BCUT2D eigenvalue weighted by molar-refractivity contribution is -0.133. The summed E-state index contributed by atoms with van der Waals surface area (Å²) in [5, 5.41) is 37.7. The zero-order valence-electron chi connectivity index (χ0n) is 41.4. The number of rotatable bonds is 19. The fourth-order valence-electron chi connectivity index (χ4n) is 7.98. The Bertz CT molecular complexity index is 3380. The zero-order chi connectivity index (χ0) is 55.7. The fourth-order valence-corrected chi connectivity index (χ4v) is 7.98. The van der Waals surface area contributed by atoms with Crippen LogP contribution in [0, 0.1) is 26.3 Å². The van der Waals surface area contributed by atoms with Gasteiger partial charge in [0.15, 0.2) is 0 Å². The Balaban J connectivity index is 1.29. The highest BCUT2D eigenvalue weighted by Gasteiger charge is 2.16. The molecule has 78 heavy (non-hydrogen) atoms. The summed E-state index contributed by atoms with van der Waals surface area (Å²) in [5.41, 5.74) is 9.05. The van der Waals surface area contributed by atoms with Gasteiger partial charge in [-0.05, 0) is 159 Å². The first-order chi connectivity index (χ1) is 37.7. The second kappa shape index (κ2) is 25.4. The molecule has 0 amide bonds. The maximum Gasteiger partial charge on any atom is 0.333 e. The van der Waals surface area contributed by atoms with E-state index in [1.807, 2.05) is 140 Å². The summed E-state index contributed by atoms with van der Waals surface area (Å²) in [7, 11) is 0. The van der Waals surface area contributed by atoms with E-state index in [2.05, 4.69) is 24.3 Å². The number of carboxylic acids is 4. The van der Waals surface area contributed by atoms with Crippen molar-refractivity contribution in [1.82, 2.24) is 0 Å². The molecule has 4 N–H and O–H groups in total. The molecule has 0 aliphatic rings. The maximum atomic E-state index is 11.6. The molecule has 14 heteroatoms. The molecule has 0 unspecified atom stereocenters. The largest absolute Gasteiger partial charge is 0.494 e. The third-order valence-electron chi connectivity index (χ3n) is 11.8. The van der Waals surface area contributed by atoms with E-state index >= 15 is 0 Å². The van der Waals surface area contributed by atoms with Crippen molar-refractivity contribution in [3.8, 4) is 5.75 Å². The molecule has 0 aliphatic heterocycles. The molecule has 378 valence electrons. The molecule has 0 heterocycles. The minimum atomic E-state index is -1.33. The Morgan fingerprint density at radius 3 is 0.808 bits per heavy atom. The van der Waals surface area contributed by atoms with Crippen molar-refractivity contribution in [3.05, 3.63) is 294 Å². The van der Waals surface area contributed by atoms with Crippen LogP contribution in [0.1, 0.15) is 62.6 Å². The monoisotopic (exact) mass is 1030 g/mol. The van der Waals surface area contributed by atoms with Gasteiger partial charge in [-0.2, -0.15) is 0 Å². The van der Waals surface area contributed by atoms with E-state index in [1.165, 1.54) is 24.3 Å². The predicted molar refractivity (Wildman–Crippen MR) is 301 cm³/mol. The third-order valence-corrected chi connectivity index (χ3v) is 11.8. The van der Waals surface area contributed by atoms with Crippen molar-refractivity contribution in [2.45, 2.75) is 6.92 Å². The maximum absolute atomic E-state index is 11.6. The fraction of sp³-hybridized carbons (Fsp3) is 0.0312. The lowest BCUT2D eigenvalue weighted by Crippen LogP contribution is -2.10. The van der Waals surface area contributed by atoms with E-state index in [-0.39, 0.29) is 0 Å². The molecular formula is C64H43N5O9. The molecule has 0 saturated heterocycles. The number of hydrogen-bond acceptors (Lipinski definition) is 6. The molecule has 0 aromatic heterocycles. The van der Waals surface area contributed by atoms with Crippen LogP contribution < -0.4 is 9.64 Å². The van der Waals surface area contributed by atoms with Gasteiger partial charge >= 0.3 is 23.9 Å². The van der Waals surface area contributed by atoms with Crippen molar-refractivity contribution in [2.24, 2.45) is 0 Å². The highest BCUT2D eigenvalue weighted by Crippen LogP contribution is 2.37. The molecule has 0 aliphatic carbocycles. The number of carboxylic acid groups (broad SMARTS) is 4. The summed E-state index contributed by atoms with van der Waals surface area (Å²) in [5.74, 6) is -4.64. The van der Waals surface area contributed by atoms with E-state index in [1.54, 1.807) is 48.5 Å². The SMILES string of the molecule is [C-]#[N+]/C(=C\c1ccc(C(=Cc2ccc(N(c3ccc(C=C(c4ccc(/C=C(\[N+]#[C-])C(=O)O)cc4)c4ccc(/C=C(\[N+]#[C-])C(=O)O)cc4)cc3)c3ccc(OCC)cc3)cc2)c2ccc(/C=C(\[N+]#[C-])C(=O)O)cc2)cc1)C(=O)O. The Kier molecular flexibility index (Phi) is 17.6. The number of hydrogen-bond donors (Lipinski definition) is 4. The van der Waals surface area contributed by atoms with E-state index in [4.69, 9.17) is 31.0 Å². The van der Waals surface area contributed by atoms with Crippen LogP contribution in [0.3, 0.4) is 0 Å². The molecular weight excluding hydrogens is 983 g/mol. The van der Waals surface area contributed by atoms with Gasteiger partial charge in [0.2, 0.25) is 0 Å². The van der Waals surface area contributed by atoms with Gasteiger partial charge in [0.25, 0.3) is 22.8 Å². The van der Waals surface area contributed by atoms with Crippen LogP contribution >= 0.6 is 0 Å². The molecule has 0 fully saturated rings. The van der Waals surface area contributed by atoms with Crippen LogP contribution in [0.2, 0.25) is 0 Å². The molecule has 0 spiro atoms. The van der Waals surface area contributed by atoms with Crippen molar-refractivity contribution < 1.29 is 44.3 Å². The Morgan fingerprint density at radius 2 is 0.590 bits per heavy atom. The second-order valence-electron chi connectivity index (χ2n) is 16.8. The van der Waals surface area contributed by atoms with Gasteiger partial charge in [-0.3, -0.25) is 19.2 Å². The van der Waals surface area contributed by atoms with E-state index in [0.29, 0.717) is 34.6 Å². The summed E-state index contributed by atoms with van der Waals surface area (Å²) in [6.07, 6.45) is 9.13. The summed E-state index contributed by atoms with van der Waals surface area (Å²) >= 11 is 0. The van der Waals surface area contributed by atoms with E-state index < -0.39 is 46.7 Å². The topological polar surface area (TPSA) is 179 Å². The highest BCUT2D eigenvalue weighted by molar-refractivity contribution is 5.98. The number of nitrogens with zero attached hydrogens (tertiary/aromatic N) is 5. The summed E-state index contributed by atoms with van der Waals surface area (Å²) in [4.78, 5) is 60.8. The average molecular weight is 1030 g/mol. The summed E-state index contributed by atoms with van der Waals surface area (Å²) < 4.78 is 5.77. The molecule has 0 bridgehead atoms. The number of carbonyl (C=O) groups is 4. The number of ether oxygens (including phenoxy) is 1. The molecule has 0 atom stereocenters. The van der Waals surface area contributed by atoms with Gasteiger partial charge in [0.05, 0.1) is 32.9 Å². The van der Waals surface area contributed by atoms with Gasteiger partial charge in [0, 0.05) is 17.1 Å². The van der Waals surface area contributed by atoms with Gasteiger partial charge in [0.1, 0.15) is 5.75 Å². The van der Waals surface area contributed by atoms with Crippen molar-refractivity contribution in [1.29, 1.82) is 0 Å². The Labute approximate surface area is 449 Å². The number of benzene rings is 7. The predicted octanol–water partition coefficient (Wildman–Crippen LogP) is 14.1. The second-order valence-corrected chi connectivity index (χ2v) is 16.8. The number of anilines is 3. The Hall–Kier alpha value is -11.6. The van der Waals surface area contributed by atoms with Gasteiger partial charge in [-0.15, -0.1) is 0 Å². The van der Waals surface area contributed by atoms with Crippen LogP contribution in [0.15, 0.2) is 193 Å². The first-order valence-corrected chi connectivity index (χ1v) is 23.6. The minimum absolute atomic E-state index is 0.429. The molecule has 7 aromatic rings. The Morgan fingerprint density at radius 1 is 0.372 bits per heavy atom. The van der Waals surface area contributed by atoms with Gasteiger partial charge in [-0.25, -0.2) is 19.4 Å². The highest BCUT2D eigenvalue weighted by atomic mass is 16.5. The lowest BCUT2D eigenvalue weighted by atomic mass is 9.94. The molecule has 7 aromatic carbocycles. The molecule has 7 rings (SSSR count). The van der Waals surface area contributed by atoms with Crippen LogP contribution in [0.4, 0.5) is 17.1 Å². The van der Waals surface area contributed by atoms with Crippen LogP contribution in [-0.4, -0.2) is 50.9 Å². The molecule has 14 nitrogen and oxygen atoms in total. The average Bonchev–Trinajstić information content (AvgIpc) is 3.45. The van der Waals surface area contributed by atoms with Crippen LogP contribution in [0.25, 0.3) is 67.0 Å². The van der Waals surface area contributed by atoms with E-state index in [9.17, 15) is 39.6 Å². The summed E-state index contributed by atoms with van der Waals surface area (Å²) in [6, 6.07) is 51.8. The molecule has 0 saturated carbocycles. The quantitative estimate of drug-likeness (QED) is 0.0346. The van der Waals surface area contributed by atoms with Crippen molar-refractivity contribution in [2.75, 3.05) is 11.5 Å². The standard InChI is InChI=1S/C64H43N5O9/c1-6-78-54-33-31-53(32-34-54)69(51-27-15-41(16-28-51)35-55(47-19-7-43(8-20-47)37-57(65-2)61(70)71)48-21-9-44(10-22-48)38-58(66-3)62(72)73)52-29-17-42(18-30-52)36-56(49-23-11-45(12-24-49)39-59(67-4)63(74)75)50-25-13-46(14-26-50)40-60(68-5)64(76)77/h7-40H,6H2,1H3,(H,70,71)(H,72,73)(H,74,75)(H,76,77)/b57-37-,58-38-,59-39-,60-40-. The normalized spacial score (nSPS) is 11.3. The van der Waals surface area contributed by atoms with Gasteiger partial charge < -0.3 is 30.1 Å². The van der Waals surface area contributed by atoms with E-state index in [0.717, 1.165) is 61.6 Å². The van der Waals surface area contributed by atoms with Gasteiger partial charge in [-0.1, -0.05) is 121 Å². The lowest BCUT2D eigenvalue weighted by Gasteiger charge is -2.26. The zero-order valence-corrected chi connectivity index (χ0v) is 41.4. The number of aliphatic carboxylic acids is 4. The third kappa shape index (κ3) is 13.7.